The lowest BCUT2D eigenvalue weighted by molar-refractivity contribution is -0.113. The maximum Gasteiger partial charge on any atom is 0.235 e. The summed E-state index contributed by atoms with van der Waals surface area (Å²) in [5, 5.41) is 7.12. The van der Waals surface area contributed by atoms with Gasteiger partial charge in [0.15, 0.2) is 0 Å². The highest BCUT2D eigenvalue weighted by Gasteiger charge is 2.14. The summed E-state index contributed by atoms with van der Waals surface area (Å²) < 4.78 is 1.71. The van der Waals surface area contributed by atoms with Crippen LogP contribution in [0.4, 0.5) is 5.82 Å². The van der Waals surface area contributed by atoms with Gasteiger partial charge in [-0.1, -0.05) is 19.3 Å². The van der Waals surface area contributed by atoms with Gasteiger partial charge >= 0.3 is 0 Å². The fourth-order valence-corrected chi connectivity index (χ4v) is 3.62. The van der Waals surface area contributed by atoms with Crippen molar-refractivity contribution in [1.29, 1.82) is 0 Å². The van der Waals surface area contributed by atoms with Crippen LogP contribution in [0.2, 0.25) is 0 Å². The third kappa shape index (κ3) is 4.56. The monoisotopic (exact) mass is 281 g/mol. The number of nitrogens with one attached hydrogen (secondary N) is 1. The summed E-state index contributed by atoms with van der Waals surface area (Å²) in [6, 6.07) is 1.89. The van der Waals surface area contributed by atoms with Crippen LogP contribution in [0.5, 0.6) is 0 Å². The summed E-state index contributed by atoms with van der Waals surface area (Å²) in [6.07, 6.45) is 6.81. The van der Waals surface area contributed by atoms with Crippen LogP contribution in [-0.4, -0.2) is 27.2 Å². The Kier molecular flexibility index (Phi) is 5.31. The topological polar surface area (TPSA) is 46.9 Å². The highest BCUT2D eigenvalue weighted by atomic mass is 32.2. The molecule has 1 aliphatic carbocycles. The van der Waals surface area contributed by atoms with E-state index in [1.54, 1.807) is 16.4 Å². The predicted octanol–water partition coefficient (Wildman–Crippen LogP) is 2.98. The Morgan fingerprint density at radius 2 is 2.21 bits per heavy atom. The standard InChI is InChI=1S/C14H23N3OS/c1-11-8-13(17(2)16-11)15-14(18)10-19-9-12-6-4-3-5-7-12/h8,12H,3-7,9-10H2,1-2H3,(H,15,18). The zero-order valence-corrected chi connectivity index (χ0v) is 12.6. The second-order valence-corrected chi connectivity index (χ2v) is 6.39. The molecular weight excluding hydrogens is 258 g/mol. The molecule has 0 aliphatic heterocycles. The van der Waals surface area contributed by atoms with Gasteiger partial charge in [0, 0.05) is 13.1 Å². The van der Waals surface area contributed by atoms with E-state index < -0.39 is 0 Å². The van der Waals surface area contributed by atoms with Crippen LogP contribution in [0.25, 0.3) is 0 Å². The number of anilines is 1. The summed E-state index contributed by atoms with van der Waals surface area (Å²) in [4.78, 5) is 11.8. The molecule has 1 aromatic rings. The minimum Gasteiger partial charge on any atom is -0.310 e. The number of aromatic nitrogens is 2. The molecule has 0 aromatic carbocycles. The SMILES string of the molecule is Cc1cc(NC(=O)CSCC2CCCCC2)n(C)n1. The Morgan fingerprint density at radius 3 is 2.84 bits per heavy atom. The number of nitrogens with zero attached hydrogens (tertiary/aromatic N) is 2. The summed E-state index contributed by atoms with van der Waals surface area (Å²) in [7, 11) is 1.85. The third-order valence-corrected chi connectivity index (χ3v) is 4.75. The first kappa shape index (κ1) is 14.4. The van der Waals surface area contributed by atoms with E-state index in [0.717, 1.165) is 23.2 Å². The van der Waals surface area contributed by atoms with Crippen molar-refractivity contribution < 1.29 is 4.79 Å². The summed E-state index contributed by atoms with van der Waals surface area (Å²) in [5.74, 6) is 3.34. The molecule has 2 rings (SSSR count). The van der Waals surface area contributed by atoms with Gasteiger partial charge in [0.25, 0.3) is 0 Å². The molecule has 1 fully saturated rings. The van der Waals surface area contributed by atoms with Gasteiger partial charge in [-0.05, 0) is 31.4 Å². The molecule has 1 aromatic heterocycles. The van der Waals surface area contributed by atoms with Crippen molar-refractivity contribution in [2.24, 2.45) is 13.0 Å². The maximum absolute atomic E-state index is 11.8. The van der Waals surface area contributed by atoms with Gasteiger partial charge in [0.05, 0.1) is 11.4 Å². The first-order valence-electron chi connectivity index (χ1n) is 7.03. The van der Waals surface area contributed by atoms with Gasteiger partial charge in [-0.2, -0.15) is 16.9 Å². The Bertz CT molecular complexity index is 424. The fraction of sp³-hybridized carbons (Fsp3) is 0.714. The Balaban J connectivity index is 1.68. The molecule has 1 saturated carbocycles. The zero-order chi connectivity index (χ0) is 13.7. The molecule has 1 N–H and O–H groups in total. The van der Waals surface area contributed by atoms with E-state index in [9.17, 15) is 4.79 Å². The molecule has 0 radical (unpaired) electrons. The average molecular weight is 281 g/mol. The average Bonchev–Trinajstić information content (AvgIpc) is 2.69. The summed E-state index contributed by atoms with van der Waals surface area (Å²) in [5.41, 5.74) is 0.924. The molecule has 0 bridgehead atoms. The lowest BCUT2D eigenvalue weighted by Crippen LogP contribution is -2.18. The van der Waals surface area contributed by atoms with Crippen molar-refractivity contribution >= 4 is 23.5 Å². The Labute approximate surface area is 119 Å². The number of thioether (sulfide) groups is 1. The Hall–Kier alpha value is -0.970. The second kappa shape index (κ2) is 6.98. The smallest absolute Gasteiger partial charge is 0.235 e. The van der Waals surface area contributed by atoms with Crippen LogP contribution in [0.1, 0.15) is 37.8 Å². The van der Waals surface area contributed by atoms with Crippen LogP contribution in [0.15, 0.2) is 6.07 Å². The van der Waals surface area contributed by atoms with Gasteiger partial charge in [0.2, 0.25) is 5.91 Å². The van der Waals surface area contributed by atoms with E-state index in [-0.39, 0.29) is 5.91 Å². The lowest BCUT2D eigenvalue weighted by atomic mass is 9.91. The molecule has 5 heteroatoms. The number of hydrogen-bond acceptors (Lipinski definition) is 3. The van der Waals surface area contributed by atoms with Crippen molar-refractivity contribution in [3.8, 4) is 0 Å². The third-order valence-electron chi connectivity index (χ3n) is 3.58. The molecule has 1 heterocycles. The number of carbonyl (C=O) groups excluding carboxylic acids is 1. The number of hydrogen-bond donors (Lipinski definition) is 1. The number of carbonyl (C=O) groups is 1. The molecule has 1 aliphatic rings. The van der Waals surface area contributed by atoms with Crippen molar-refractivity contribution in [1.82, 2.24) is 9.78 Å². The van der Waals surface area contributed by atoms with Crippen molar-refractivity contribution in [2.45, 2.75) is 39.0 Å². The van der Waals surface area contributed by atoms with Crippen molar-refractivity contribution in [3.05, 3.63) is 11.8 Å². The van der Waals surface area contributed by atoms with E-state index in [4.69, 9.17) is 0 Å². The molecule has 0 unspecified atom stereocenters. The van der Waals surface area contributed by atoms with Gasteiger partial charge in [-0.25, -0.2) is 0 Å². The van der Waals surface area contributed by atoms with E-state index in [1.807, 2.05) is 20.0 Å². The summed E-state index contributed by atoms with van der Waals surface area (Å²) >= 11 is 1.76. The fourth-order valence-electron chi connectivity index (χ4n) is 2.58. The van der Waals surface area contributed by atoms with E-state index in [2.05, 4.69) is 10.4 Å². The van der Waals surface area contributed by atoms with E-state index >= 15 is 0 Å². The van der Waals surface area contributed by atoms with Gasteiger partial charge in [-0.3, -0.25) is 9.48 Å². The van der Waals surface area contributed by atoms with Crippen LogP contribution >= 0.6 is 11.8 Å². The van der Waals surface area contributed by atoms with Crippen LogP contribution in [0.3, 0.4) is 0 Å². The minimum absolute atomic E-state index is 0.0730. The highest BCUT2D eigenvalue weighted by Crippen LogP contribution is 2.26. The largest absolute Gasteiger partial charge is 0.310 e. The minimum atomic E-state index is 0.0730. The summed E-state index contributed by atoms with van der Waals surface area (Å²) in [6.45, 7) is 1.92. The normalized spacial score (nSPS) is 16.5. The Morgan fingerprint density at radius 1 is 1.47 bits per heavy atom. The molecule has 4 nitrogen and oxygen atoms in total. The van der Waals surface area contributed by atoms with Crippen molar-refractivity contribution in [2.75, 3.05) is 16.8 Å². The van der Waals surface area contributed by atoms with Crippen LogP contribution in [0, 0.1) is 12.8 Å². The lowest BCUT2D eigenvalue weighted by Gasteiger charge is -2.20. The number of amides is 1. The van der Waals surface area contributed by atoms with Crippen molar-refractivity contribution in [3.63, 3.8) is 0 Å². The first-order chi connectivity index (χ1) is 9.15. The molecule has 0 spiro atoms. The molecule has 0 saturated heterocycles. The number of aryl methyl sites for hydroxylation is 2. The molecule has 106 valence electrons. The molecule has 19 heavy (non-hydrogen) atoms. The molecule has 0 atom stereocenters. The first-order valence-corrected chi connectivity index (χ1v) is 8.19. The molecule has 1 amide bonds. The van der Waals surface area contributed by atoms with Gasteiger partial charge < -0.3 is 5.32 Å². The zero-order valence-electron chi connectivity index (χ0n) is 11.8. The van der Waals surface area contributed by atoms with Crippen LogP contribution in [-0.2, 0) is 11.8 Å². The number of rotatable bonds is 5. The quantitative estimate of drug-likeness (QED) is 0.902. The molecular formula is C14H23N3OS. The van der Waals surface area contributed by atoms with Crippen LogP contribution < -0.4 is 5.32 Å². The highest BCUT2D eigenvalue weighted by molar-refractivity contribution is 7.99. The van der Waals surface area contributed by atoms with Gasteiger partial charge in [-0.15, -0.1) is 0 Å². The van der Waals surface area contributed by atoms with E-state index in [0.29, 0.717) is 5.75 Å². The van der Waals surface area contributed by atoms with Gasteiger partial charge in [0.1, 0.15) is 5.82 Å². The second-order valence-electron chi connectivity index (χ2n) is 5.36. The van der Waals surface area contributed by atoms with E-state index in [1.165, 1.54) is 32.1 Å². The predicted molar refractivity (Wildman–Crippen MR) is 80.5 cm³/mol. The maximum atomic E-state index is 11.8.